The van der Waals surface area contributed by atoms with E-state index in [1.54, 1.807) is 0 Å². The summed E-state index contributed by atoms with van der Waals surface area (Å²) in [6.07, 6.45) is 15.4. The van der Waals surface area contributed by atoms with Crippen molar-refractivity contribution in [3.05, 3.63) is 23.8 Å². The first kappa shape index (κ1) is 22.8. The van der Waals surface area contributed by atoms with E-state index >= 15 is 0 Å². The van der Waals surface area contributed by atoms with Crippen LogP contribution in [0.25, 0.3) is 0 Å². The van der Waals surface area contributed by atoms with Crippen LogP contribution in [0, 0.1) is 40.4 Å². The van der Waals surface area contributed by atoms with Crippen molar-refractivity contribution in [1.29, 1.82) is 0 Å². The molecular formula is C27H40O4. The standard InChI is InChI=1S/C27H40O4/c1-17(6-5-13-27(4,31)24(29)30)21-9-10-22-20-8-7-18-16-19(28)11-14-25(18,2)23(20)12-15-26(21,22)3/h7-8,16-17,20-23,31H,5-6,9-15H2,1-4H3,(H,29,30)/t17-,20+,21-,22+,23+,25+,26-,27?/m1/s1. The molecule has 0 heterocycles. The molecule has 0 aromatic rings. The Hall–Kier alpha value is -1.42. The van der Waals surface area contributed by atoms with E-state index < -0.39 is 11.6 Å². The van der Waals surface area contributed by atoms with Crippen molar-refractivity contribution in [3.8, 4) is 0 Å². The lowest BCUT2D eigenvalue weighted by Gasteiger charge is -2.56. The van der Waals surface area contributed by atoms with Gasteiger partial charge in [0.15, 0.2) is 11.4 Å². The summed E-state index contributed by atoms with van der Waals surface area (Å²) in [4.78, 5) is 23.2. The van der Waals surface area contributed by atoms with Gasteiger partial charge >= 0.3 is 5.97 Å². The summed E-state index contributed by atoms with van der Waals surface area (Å²) in [5.74, 6) is 2.33. The fraction of sp³-hybridized carbons (Fsp3) is 0.778. The van der Waals surface area contributed by atoms with E-state index in [1.807, 2.05) is 6.08 Å². The number of allylic oxidation sites excluding steroid dienone is 4. The average molecular weight is 429 g/mol. The van der Waals surface area contributed by atoms with E-state index in [4.69, 9.17) is 5.11 Å². The molecule has 8 atom stereocenters. The molecule has 4 heteroatoms. The van der Waals surface area contributed by atoms with Gasteiger partial charge in [-0.15, -0.1) is 0 Å². The zero-order valence-corrected chi connectivity index (χ0v) is 19.7. The van der Waals surface area contributed by atoms with Crippen LogP contribution >= 0.6 is 0 Å². The number of hydrogen-bond donors (Lipinski definition) is 2. The van der Waals surface area contributed by atoms with Crippen molar-refractivity contribution in [2.24, 2.45) is 40.4 Å². The molecule has 2 saturated carbocycles. The lowest BCUT2D eigenvalue weighted by Crippen LogP contribution is -2.49. The third kappa shape index (κ3) is 3.73. The van der Waals surface area contributed by atoms with E-state index in [9.17, 15) is 14.7 Å². The first-order valence-electron chi connectivity index (χ1n) is 12.4. The molecule has 0 bridgehead atoms. The molecular weight excluding hydrogens is 388 g/mol. The lowest BCUT2D eigenvalue weighted by atomic mass is 9.48. The molecule has 0 aromatic heterocycles. The van der Waals surface area contributed by atoms with Crippen LogP contribution in [0.3, 0.4) is 0 Å². The summed E-state index contributed by atoms with van der Waals surface area (Å²) in [6.45, 7) is 8.66. The van der Waals surface area contributed by atoms with Crippen LogP contribution < -0.4 is 0 Å². The molecule has 4 nitrogen and oxygen atoms in total. The maximum Gasteiger partial charge on any atom is 0.335 e. The third-order valence-electron chi connectivity index (χ3n) is 10.1. The largest absolute Gasteiger partial charge is 0.479 e. The maximum atomic E-state index is 12.0. The Morgan fingerprint density at radius 2 is 1.97 bits per heavy atom. The number of carboxylic acid groups (broad SMARTS) is 1. The topological polar surface area (TPSA) is 74.6 Å². The Labute approximate surface area is 187 Å². The molecule has 0 saturated heterocycles. The van der Waals surface area contributed by atoms with E-state index in [1.165, 1.54) is 38.2 Å². The van der Waals surface area contributed by atoms with Gasteiger partial charge in [0, 0.05) is 6.42 Å². The summed E-state index contributed by atoms with van der Waals surface area (Å²) in [5, 5.41) is 19.2. The molecule has 172 valence electrons. The predicted molar refractivity (Wildman–Crippen MR) is 121 cm³/mol. The molecule has 0 aliphatic heterocycles. The van der Waals surface area contributed by atoms with Crippen molar-refractivity contribution in [2.75, 3.05) is 0 Å². The summed E-state index contributed by atoms with van der Waals surface area (Å²) >= 11 is 0. The van der Waals surface area contributed by atoms with Crippen molar-refractivity contribution < 1.29 is 19.8 Å². The Kier molecular flexibility index (Phi) is 5.77. The second-order valence-corrected chi connectivity index (χ2v) is 11.8. The van der Waals surface area contributed by atoms with E-state index in [0.717, 1.165) is 19.3 Å². The number of carbonyl (C=O) groups excluding carboxylic acids is 1. The molecule has 4 aliphatic carbocycles. The average Bonchev–Trinajstić information content (AvgIpc) is 3.05. The molecule has 4 aliphatic rings. The molecule has 2 N–H and O–H groups in total. The molecule has 2 fully saturated rings. The summed E-state index contributed by atoms with van der Waals surface area (Å²) < 4.78 is 0. The Balaban J connectivity index is 1.47. The highest BCUT2D eigenvalue weighted by Gasteiger charge is 2.58. The molecule has 1 unspecified atom stereocenters. The smallest absolute Gasteiger partial charge is 0.335 e. The van der Waals surface area contributed by atoms with Crippen molar-refractivity contribution in [3.63, 3.8) is 0 Å². The number of rotatable bonds is 6. The van der Waals surface area contributed by atoms with Gasteiger partial charge in [0.1, 0.15) is 0 Å². The minimum atomic E-state index is -1.62. The minimum Gasteiger partial charge on any atom is -0.479 e. The quantitative estimate of drug-likeness (QED) is 0.581. The van der Waals surface area contributed by atoms with Crippen LogP contribution in [0.1, 0.15) is 85.5 Å². The Morgan fingerprint density at radius 1 is 1.23 bits per heavy atom. The highest BCUT2D eigenvalue weighted by Crippen LogP contribution is 2.66. The van der Waals surface area contributed by atoms with E-state index in [0.29, 0.717) is 47.8 Å². The Bertz CT molecular complexity index is 808. The molecule has 0 aromatic carbocycles. The van der Waals surface area contributed by atoms with Crippen LogP contribution in [0.4, 0.5) is 0 Å². The normalized spacial score (nSPS) is 42.1. The van der Waals surface area contributed by atoms with Gasteiger partial charge in [-0.25, -0.2) is 4.79 Å². The maximum absolute atomic E-state index is 12.0. The summed E-state index contributed by atoms with van der Waals surface area (Å²) in [7, 11) is 0. The van der Waals surface area contributed by atoms with Gasteiger partial charge < -0.3 is 10.2 Å². The van der Waals surface area contributed by atoms with Gasteiger partial charge in [0.2, 0.25) is 0 Å². The third-order valence-corrected chi connectivity index (χ3v) is 10.1. The number of carboxylic acids is 1. The molecule has 0 spiro atoms. The zero-order chi connectivity index (χ0) is 22.6. The van der Waals surface area contributed by atoms with Crippen LogP contribution in [-0.2, 0) is 9.59 Å². The predicted octanol–water partition coefficient (Wildman–Crippen LogP) is 5.55. The number of fused-ring (bicyclic) bond motifs is 5. The SMILES string of the molecule is C[C@H](CCCC(C)(O)C(=O)O)[C@H]1CC[C@H]2[C@@H]3C=CC4=CC(=O)CC[C@]4(C)[C@H]3CC[C@]12C. The minimum absolute atomic E-state index is 0.154. The lowest BCUT2D eigenvalue weighted by molar-refractivity contribution is -0.157. The highest BCUT2D eigenvalue weighted by atomic mass is 16.4. The van der Waals surface area contributed by atoms with Gasteiger partial charge in [0.05, 0.1) is 0 Å². The fourth-order valence-electron chi connectivity index (χ4n) is 8.05. The zero-order valence-electron chi connectivity index (χ0n) is 19.7. The monoisotopic (exact) mass is 428 g/mol. The molecule has 31 heavy (non-hydrogen) atoms. The van der Waals surface area contributed by atoms with Gasteiger partial charge in [-0.2, -0.15) is 0 Å². The van der Waals surface area contributed by atoms with Crippen LogP contribution in [0.2, 0.25) is 0 Å². The van der Waals surface area contributed by atoms with Crippen molar-refractivity contribution in [1.82, 2.24) is 0 Å². The number of aliphatic hydroxyl groups is 1. The number of ketones is 1. The van der Waals surface area contributed by atoms with Gasteiger partial charge in [-0.1, -0.05) is 39.3 Å². The number of carbonyl (C=O) groups is 2. The van der Waals surface area contributed by atoms with Crippen molar-refractivity contribution >= 4 is 11.8 Å². The van der Waals surface area contributed by atoms with Crippen LogP contribution in [0.5, 0.6) is 0 Å². The van der Waals surface area contributed by atoms with Crippen molar-refractivity contribution in [2.45, 2.75) is 91.1 Å². The first-order chi connectivity index (χ1) is 14.5. The summed E-state index contributed by atoms with van der Waals surface area (Å²) in [6, 6.07) is 0. The van der Waals surface area contributed by atoms with Gasteiger partial charge in [0.25, 0.3) is 0 Å². The first-order valence-corrected chi connectivity index (χ1v) is 12.4. The number of aliphatic carboxylic acids is 1. The molecule has 4 rings (SSSR count). The van der Waals surface area contributed by atoms with Gasteiger partial charge in [-0.3, -0.25) is 4.79 Å². The molecule has 0 radical (unpaired) electrons. The molecule has 0 amide bonds. The van der Waals surface area contributed by atoms with E-state index in [2.05, 4.69) is 32.9 Å². The highest BCUT2D eigenvalue weighted by molar-refractivity contribution is 5.92. The van der Waals surface area contributed by atoms with Crippen LogP contribution in [-0.4, -0.2) is 27.6 Å². The number of hydrogen-bond acceptors (Lipinski definition) is 3. The second kappa shape index (κ2) is 7.86. The second-order valence-electron chi connectivity index (χ2n) is 11.8. The Morgan fingerprint density at radius 3 is 2.68 bits per heavy atom. The van der Waals surface area contributed by atoms with E-state index in [-0.39, 0.29) is 11.2 Å². The summed E-state index contributed by atoms with van der Waals surface area (Å²) in [5.41, 5.74) is 0.139. The fourth-order valence-corrected chi connectivity index (χ4v) is 8.05. The van der Waals surface area contributed by atoms with Crippen LogP contribution in [0.15, 0.2) is 23.8 Å². The van der Waals surface area contributed by atoms with Gasteiger partial charge in [-0.05, 0) is 104 Å².